The predicted molar refractivity (Wildman–Crippen MR) is 93.8 cm³/mol. The number of nitrogens with zero attached hydrogens (tertiary/aromatic N) is 4. The van der Waals surface area contributed by atoms with E-state index in [0.717, 1.165) is 0 Å². The Bertz CT molecular complexity index is 683. The van der Waals surface area contributed by atoms with E-state index in [1.807, 2.05) is 0 Å². The lowest BCUT2D eigenvalue weighted by Crippen LogP contribution is -2.38. The van der Waals surface area contributed by atoms with Crippen LogP contribution in [0.2, 0.25) is 0 Å². The molecule has 1 saturated heterocycles. The van der Waals surface area contributed by atoms with Gasteiger partial charge < -0.3 is 20.1 Å². The highest BCUT2D eigenvalue weighted by Gasteiger charge is 2.33. The number of rotatable bonds is 6. The van der Waals surface area contributed by atoms with Gasteiger partial charge in [0.15, 0.2) is 0 Å². The van der Waals surface area contributed by atoms with Gasteiger partial charge in [-0.1, -0.05) is 6.58 Å². The lowest BCUT2D eigenvalue weighted by atomic mass is 10.2. The van der Waals surface area contributed by atoms with Crippen molar-refractivity contribution in [2.75, 3.05) is 43.0 Å². The summed E-state index contributed by atoms with van der Waals surface area (Å²) >= 11 is 0. The average Bonchev–Trinajstić information content (AvgIpc) is 3.00. The third-order valence-electron chi connectivity index (χ3n) is 4.09. The maximum Gasteiger partial charge on any atom is 0.414 e. The molecule has 9 heteroatoms. The van der Waals surface area contributed by atoms with Crippen molar-refractivity contribution in [1.82, 2.24) is 15.9 Å². The number of hydrazone groups is 1. The lowest BCUT2D eigenvalue weighted by molar-refractivity contribution is 0.112. The zero-order valence-corrected chi connectivity index (χ0v) is 14.0. The van der Waals surface area contributed by atoms with Gasteiger partial charge >= 0.3 is 6.09 Å². The average molecular weight is 348 g/mol. The summed E-state index contributed by atoms with van der Waals surface area (Å²) in [6.45, 7) is 5.74. The van der Waals surface area contributed by atoms with Gasteiger partial charge in [0, 0.05) is 19.8 Å². The molecule has 0 saturated carbocycles. The van der Waals surface area contributed by atoms with E-state index in [1.165, 1.54) is 11.0 Å². The topological polar surface area (TPSA) is 72.4 Å². The van der Waals surface area contributed by atoms with Crippen molar-refractivity contribution in [3.05, 3.63) is 36.8 Å². The molecule has 1 fully saturated rings. The number of carbonyl (C=O) groups is 1. The van der Waals surface area contributed by atoms with Gasteiger partial charge in [-0.2, -0.15) is 5.10 Å². The van der Waals surface area contributed by atoms with E-state index in [9.17, 15) is 9.18 Å². The fourth-order valence-corrected chi connectivity index (χ4v) is 2.79. The van der Waals surface area contributed by atoms with Gasteiger partial charge in [0.2, 0.25) is 0 Å². The van der Waals surface area contributed by atoms with Crippen molar-refractivity contribution in [1.29, 1.82) is 0 Å². The summed E-state index contributed by atoms with van der Waals surface area (Å²) < 4.78 is 19.8. The van der Waals surface area contributed by atoms with Gasteiger partial charge in [-0.05, 0) is 18.2 Å². The molecule has 0 aliphatic carbocycles. The number of hydrogen-bond acceptors (Lipinski definition) is 7. The largest absolute Gasteiger partial charge is 0.442 e. The van der Waals surface area contributed by atoms with E-state index in [1.54, 1.807) is 41.6 Å². The van der Waals surface area contributed by atoms with E-state index in [2.05, 4.69) is 22.5 Å². The molecule has 0 radical (unpaired) electrons. The Morgan fingerprint density at radius 1 is 1.60 bits per heavy atom. The number of hydrogen-bond donors (Lipinski definition) is 2. The number of halogens is 1. The third-order valence-corrected chi connectivity index (χ3v) is 4.09. The molecule has 0 spiro atoms. The zero-order valence-electron chi connectivity index (χ0n) is 14.0. The first-order valence-corrected chi connectivity index (χ1v) is 7.99. The molecular formula is C16H21FN6O2. The number of amides is 1. The number of carbonyl (C=O) groups excluding carboxylic acids is 1. The molecule has 2 aliphatic rings. The highest BCUT2D eigenvalue weighted by Crippen LogP contribution is 2.27. The van der Waals surface area contributed by atoms with E-state index in [0.29, 0.717) is 37.6 Å². The SMILES string of the molecule is C=CN(CC1CN(c2ccc(N3C=NNCC3)c(F)c2)C(=O)O1)NC. The number of nitrogens with one attached hydrogen (secondary N) is 2. The molecule has 2 heterocycles. The number of hydrazine groups is 1. The monoisotopic (exact) mass is 348 g/mol. The first-order chi connectivity index (χ1) is 12.1. The Hall–Kier alpha value is -2.81. The van der Waals surface area contributed by atoms with Gasteiger partial charge in [0.05, 0.1) is 31.0 Å². The van der Waals surface area contributed by atoms with Crippen LogP contribution in [-0.4, -0.2) is 56.8 Å². The van der Waals surface area contributed by atoms with Crippen LogP contribution in [-0.2, 0) is 4.74 Å². The van der Waals surface area contributed by atoms with Crippen LogP contribution in [0.3, 0.4) is 0 Å². The molecule has 0 aromatic heterocycles. The first-order valence-electron chi connectivity index (χ1n) is 7.99. The summed E-state index contributed by atoms with van der Waals surface area (Å²) in [5.74, 6) is -0.412. The van der Waals surface area contributed by atoms with Crippen LogP contribution < -0.4 is 20.7 Å². The molecule has 8 nitrogen and oxygen atoms in total. The smallest absolute Gasteiger partial charge is 0.414 e. The van der Waals surface area contributed by atoms with Crippen molar-refractivity contribution in [2.24, 2.45) is 5.10 Å². The predicted octanol–water partition coefficient (Wildman–Crippen LogP) is 1.08. The maximum absolute atomic E-state index is 14.5. The quantitative estimate of drug-likeness (QED) is 0.750. The molecule has 2 aliphatic heterocycles. The maximum atomic E-state index is 14.5. The summed E-state index contributed by atoms with van der Waals surface area (Å²) in [7, 11) is 1.75. The Morgan fingerprint density at radius 3 is 3.08 bits per heavy atom. The third kappa shape index (κ3) is 3.66. The minimum absolute atomic E-state index is 0.332. The molecule has 2 N–H and O–H groups in total. The van der Waals surface area contributed by atoms with Crippen LogP contribution in [0.1, 0.15) is 0 Å². The van der Waals surface area contributed by atoms with E-state index < -0.39 is 11.9 Å². The van der Waals surface area contributed by atoms with Crippen molar-refractivity contribution in [2.45, 2.75) is 6.10 Å². The molecule has 1 unspecified atom stereocenters. The Labute approximate surface area is 145 Å². The second kappa shape index (κ2) is 7.39. The van der Waals surface area contributed by atoms with Crippen LogP contribution in [0.15, 0.2) is 36.1 Å². The summed E-state index contributed by atoms with van der Waals surface area (Å²) in [6, 6.07) is 4.70. The van der Waals surface area contributed by atoms with Crippen molar-refractivity contribution >= 4 is 23.8 Å². The molecule has 3 rings (SSSR count). The van der Waals surface area contributed by atoms with Crippen LogP contribution in [0.5, 0.6) is 0 Å². The lowest BCUT2D eigenvalue weighted by Gasteiger charge is -2.24. The van der Waals surface area contributed by atoms with Gasteiger partial charge in [-0.3, -0.25) is 4.90 Å². The fraction of sp³-hybridized carbons (Fsp3) is 0.375. The van der Waals surface area contributed by atoms with Crippen molar-refractivity contribution < 1.29 is 13.9 Å². The van der Waals surface area contributed by atoms with Gasteiger partial charge in [-0.25, -0.2) is 14.6 Å². The Balaban J connectivity index is 1.72. The van der Waals surface area contributed by atoms with E-state index in [-0.39, 0.29) is 6.10 Å². The molecule has 1 aromatic rings. The second-order valence-electron chi connectivity index (χ2n) is 5.66. The normalized spacial score (nSPS) is 19.6. The number of anilines is 2. The molecule has 1 atom stereocenters. The number of benzene rings is 1. The van der Waals surface area contributed by atoms with Crippen molar-refractivity contribution in [3.8, 4) is 0 Å². The van der Waals surface area contributed by atoms with Crippen LogP contribution in [0, 0.1) is 5.82 Å². The fourth-order valence-electron chi connectivity index (χ4n) is 2.79. The minimum atomic E-state index is -0.485. The highest BCUT2D eigenvalue weighted by atomic mass is 19.1. The van der Waals surface area contributed by atoms with Crippen LogP contribution in [0.4, 0.5) is 20.6 Å². The van der Waals surface area contributed by atoms with E-state index in [4.69, 9.17) is 4.74 Å². The van der Waals surface area contributed by atoms with E-state index >= 15 is 0 Å². The summed E-state index contributed by atoms with van der Waals surface area (Å²) in [6.07, 6.45) is 2.34. The van der Waals surface area contributed by atoms with Gasteiger partial charge in [-0.15, -0.1) is 0 Å². The standard InChI is InChI=1S/C16H21FN6O2/c1-3-22(18-2)9-13-10-23(16(24)25-13)12-4-5-15(14(17)8-12)21-7-6-19-20-11-21/h3-5,8,11,13,18-19H,1,6-7,9-10H2,2H3. The molecule has 1 amide bonds. The minimum Gasteiger partial charge on any atom is -0.442 e. The molecule has 134 valence electrons. The summed E-state index contributed by atoms with van der Waals surface area (Å²) in [5.41, 5.74) is 6.63. The van der Waals surface area contributed by atoms with Gasteiger partial charge in [0.25, 0.3) is 0 Å². The Morgan fingerprint density at radius 2 is 2.44 bits per heavy atom. The summed E-state index contributed by atoms with van der Waals surface area (Å²) in [4.78, 5) is 15.3. The second-order valence-corrected chi connectivity index (χ2v) is 5.66. The first kappa shape index (κ1) is 17.0. The van der Waals surface area contributed by atoms with Crippen LogP contribution in [0.25, 0.3) is 0 Å². The van der Waals surface area contributed by atoms with Crippen molar-refractivity contribution in [3.63, 3.8) is 0 Å². The number of ether oxygens (including phenoxy) is 1. The van der Waals surface area contributed by atoms with Gasteiger partial charge in [0.1, 0.15) is 18.3 Å². The highest BCUT2D eigenvalue weighted by molar-refractivity contribution is 5.90. The summed E-state index contributed by atoms with van der Waals surface area (Å²) in [5, 5.41) is 5.64. The number of cyclic esters (lactones) is 1. The Kier molecular flexibility index (Phi) is 5.03. The van der Waals surface area contributed by atoms with Crippen LogP contribution >= 0.6 is 0 Å². The zero-order chi connectivity index (χ0) is 17.8. The molecule has 25 heavy (non-hydrogen) atoms. The molecular weight excluding hydrogens is 327 g/mol. The molecule has 0 bridgehead atoms. The molecule has 1 aromatic carbocycles.